The lowest BCUT2D eigenvalue weighted by atomic mass is 9.95. The van der Waals surface area contributed by atoms with Crippen molar-refractivity contribution >= 4 is 22.0 Å². The molecule has 8 heteroatoms. The van der Waals surface area contributed by atoms with Gasteiger partial charge in [-0.3, -0.25) is 0 Å². The van der Waals surface area contributed by atoms with Gasteiger partial charge in [-0.2, -0.15) is 0 Å². The predicted molar refractivity (Wildman–Crippen MR) is 128 cm³/mol. The van der Waals surface area contributed by atoms with Gasteiger partial charge < -0.3 is 5.11 Å². The SMILES string of the molecule is C=CC[C@H](O)CC(C)/C=C/c1c(-c2ccc(F)cc2)nc(N(C)S(C)(=O)=O)nc1C(C)C. The second-order valence-corrected chi connectivity index (χ2v) is 10.3. The summed E-state index contributed by atoms with van der Waals surface area (Å²) >= 11 is 0. The number of benzene rings is 1. The van der Waals surface area contributed by atoms with Crippen LogP contribution < -0.4 is 4.31 Å². The van der Waals surface area contributed by atoms with Crippen molar-refractivity contribution in [2.24, 2.45) is 5.92 Å². The van der Waals surface area contributed by atoms with Gasteiger partial charge in [-0.05, 0) is 48.9 Å². The van der Waals surface area contributed by atoms with E-state index in [1.807, 2.05) is 32.9 Å². The highest BCUT2D eigenvalue weighted by molar-refractivity contribution is 7.92. The molecule has 0 amide bonds. The molecule has 2 rings (SSSR count). The Hall–Kier alpha value is -2.58. The Morgan fingerprint density at radius 1 is 1.19 bits per heavy atom. The molecule has 1 unspecified atom stereocenters. The van der Waals surface area contributed by atoms with Gasteiger partial charge >= 0.3 is 0 Å². The Morgan fingerprint density at radius 3 is 2.34 bits per heavy atom. The first-order chi connectivity index (χ1) is 14.9. The summed E-state index contributed by atoms with van der Waals surface area (Å²) < 4.78 is 38.8. The summed E-state index contributed by atoms with van der Waals surface area (Å²) in [6, 6.07) is 5.91. The summed E-state index contributed by atoms with van der Waals surface area (Å²) in [6.45, 7) is 9.59. The zero-order valence-electron chi connectivity index (χ0n) is 19.3. The third-order valence-electron chi connectivity index (χ3n) is 5.08. The molecule has 0 radical (unpaired) electrons. The number of sulfonamides is 1. The van der Waals surface area contributed by atoms with Gasteiger partial charge in [0.15, 0.2) is 0 Å². The van der Waals surface area contributed by atoms with Crippen LogP contribution in [-0.2, 0) is 10.0 Å². The molecule has 0 aliphatic rings. The van der Waals surface area contributed by atoms with E-state index in [9.17, 15) is 17.9 Å². The van der Waals surface area contributed by atoms with E-state index >= 15 is 0 Å². The van der Waals surface area contributed by atoms with Crippen LogP contribution in [0.25, 0.3) is 17.3 Å². The molecule has 0 fully saturated rings. The van der Waals surface area contributed by atoms with Gasteiger partial charge in [-0.1, -0.05) is 39.0 Å². The molecule has 0 spiro atoms. The van der Waals surface area contributed by atoms with E-state index in [0.29, 0.717) is 29.8 Å². The van der Waals surface area contributed by atoms with Crippen molar-refractivity contribution in [2.75, 3.05) is 17.6 Å². The summed E-state index contributed by atoms with van der Waals surface area (Å²) in [4.78, 5) is 9.11. The van der Waals surface area contributed by atoms with Crippen molar-refractivity contribution < 1.29 is 17.9 Å². The molecule has 0 bridgehead atoms. The first-order valence-electron chi connectivity index (χ1n) is 10.5. The van der Waals surface area contributed by atoms with Crippen LogP contribution in [0, 0.1) is 11.7 Å². The topological polar surface area (TPSA) is 83.4 Å². The number of aliphatic hydroxyl groups is 1. The molecule has 0 aliphatic heterocycles. The maximum absolute atomic E-state index is 13.5. The number of halogens is 1. The summed E-state index contributed by atoms with van der Waals surface area (Å²) in [5.41, 5.74) is 2.59. The number of hydrogen-bond donors (Lipinski definition) is 1. The Kier molecular flexibility index (Phi) is 8.69. The van der Waals surface area contributed by atoms with Crippen LogP contribution in [0.4, 0.5) is 10.3 Å². The minimum Gasteiger partial charge on any atom is -0.393 e. The molecular formula is C24H32FN3O3S. The second kappa shape index (κ2) is 10.8. The average Bonchev–Trinajstić information content (AvgIpc) is 2.71. The van der Waals surface area contributed by atoms with Crippen molar-refractivity contribution in [3.8, 4) is 11.3 Å². The quantitative estimate of drug-likeness (QED) is 0.515. The van der Waals surface area contributed by atoms with Crippen molar-refractivity contribution in [3.63, 3.8) is 0 Å². The van der Waals surface area contributed by atoms with Crippen LogP contribution in [-0.4, -0.2) is 42.9 Å². The van der Waals surface area contributed by atoms with Crippen LogP contribution in [0.15, 0.2) is 43.0 Å². The average molecular weight is 462 g/mol. The number of anilines is 1. The van der Waals surface area contributed by atoms with Crippen molar-refractivity contribution in [1.29, 1.82) is 0 Å². The molecule has 2 aromatic rings. The van der Waals surface area contributed by atoms with E-state index in [1.54, 1.807) is 18.2 Å². The smallest absolute Gasteiger partial charge is 0.239 e. The van der Waals surface area contributed by atoms with Gasteiger partial charge in [0.25, 0.3) is 0 Å². The fourth-order valence-corrected chi connectivity index (χ4v) is 3.63. The van der Waals surface area contributed by atoms with Crippen molar-refractivity contribution in [3.05, 3.63) is 60.1 Å². The van der Waals surface area contributed by atoms with Crippen molar-refractivity contribution in [2.45, 2.75) is 45.6 Å². The Labute approximate surface area is 190 Å². The van der Waals surface area contributed by atoms with E-state index in [-0.39, 0.29) is 23.6 Å². The number of nitrogens with zero attached hydrogens (tertiary/aromatic N) is 3. The number of aromatic nitrogens is 2. The van der Waals surface area contributed by atoms with E-state index in [1.165, 1.54) is 19.2 Å². The van der Waals surface area contributed by atoms with E-state index in [2.05, 4.69) is 16.5 Å². The number of rotatable bonds is 10. The molecular weight excluding hydrogens is 429 g/mol. The Balaban J connectivity index is 2.65. The van der Waals surface area contributed by atoms with Crippen LogP contribution in [0.1, 0.15) is 50.8 Å². The Morgan fingerprint density at radius 2 is 1.81 bits per heavy atom. The van der Waals surface area contributed by atoms with Crippen LogP contribution in [0.5, 0.6) is 0 Å². The zero-order valence-corrected chi connectivity index (χ0v) is 20.1. The van der Waals surface area contributed by atoms with Gasteiger partial charge in [0.1, 0.15) is 5.82 Å². The number of hydrogen-bond acceptors (Lipinski definition) is 5. The lowest BCUT2D eigenvalue weighted by Gasteiger charge is -2.20. The molecule has 1 N–H and O–H groups in total. The Bertz CT molecular complexity index is 1070. The number of allylic oxidation sites excluding steroid dienone is 1. The minimum absolute atomic E-state index is 0.0229. The minimum atomic E-state index is -3.57. The normalized spacial score (nSPS) is 14.0. The largest absolute Gasteiger partial charge is 0.393 e. The molecule has 0 saturated heterocycles. The van der Waals surface area contributed by atoms with Gasteiger partial charge in [-0.15, -0.1) is 6.58 Å². The first kappa shape index (κ1) is 25.7. The molecule has 1 aromatic carbocycles. The van der Waals surface area contributed by atoms with Crippen LogP contribution in [0.2, 0.25) is 0 Å². The fraction of sp³-hybridized carbons (Fsp3) is 0.417. The molecule has 6 nitrogen and oxygen atoms in total. The molecule has 0 saturated carbocycles. The molecule has 1 heterocycles. The highest BCUT2D eigenvalue weighted by Crippen LogP contribution is 2.32. The zero-order chi connectivity index (χ0) is 24.1. The van der Waals surface area contributed by atoms with E-state index in [4.69, 9.17) is 0 Å². The predicted octanol–water partition coefficient (Wildman–Crippen LogP) is 4.78. The first-order valence-corrected chi connectivity index (χ1v) is 12.4. The van der Waals surface area contributed by atoms with Crippen LogP contribution in [0.3, 0.4) is 0 Å². The van der Waals surface area contributed by atoms with E-state index < -0.39 is 16.1 Å². The summed E-state index contributed by atoms with van der Waals surface area (Å²) in [5, 5.41) is 10.1. The maximum atomic E-state index is 13.5. The molecule has 2 atom stereocenters. The third kappa shape index (κ3) is 6.71. The fourth-order valence-electron chi connectivity index (χ4n) is 3.25. The number of aliphatic hydroxyl groups excluding tert-OH is 1. The molecule has 32 heavy (non-hydrogen) atoms. The lowest BCUT2D eigenvalue weighted by molar-refractivity contribution is 0.156. The summed E-state index contributed by atoms with van der Waals surface area (Å²) in [7, 11) is -2.16. The van der Waals surface area contributed by atoms with Crippen LogP contribution >= 0.6 is 0 Å². The monoisotopic (exact) mass is 461 g/mol. The molecule has 0 aliphatic carbocycles. The highest BCUT2D eigenvalue weighted by atomic mass is 32.2. The summed E-state index contributed by atoms with van der Waals surface area (Å²) in [6.07, 6.45) is 7.28. The van der Waals surface area contributed by atoms with Gasteiger partial charge in [-0.25, -0.2) is 27.1 Å². The molecule has 1 aromatic heterocycles. The standard InChI is InChI=1S/C24H32FN3O3S/c1-7-8-20(29)15-17(4)9-14-21-22(16(2)3)26-24(28(5)32(6,30)31)27-23(21)18-10-12-19(25)13-11-18/h7,9-14,16-17,20,29H,1,8,15H2,2-6H3/b14-9+/t17?,20-/m0/s1. The van der Waals surface area contributed by atoms with Crippen molar-refractivity contribution in [1.82, 2.24) is 9.97 Å². The van der Waals surface area contributed by atoms with Gasteiger partial charge in [0.05, 0.1) is 23.7 Å². The second-order valence-electron chi connectivity index (χ2n) is 8.31. The van der Waals surface area contributed by atoms with Gasteiger partial charge in [0, 0.05) is 18.2 Å². The molecule has 174 valence electrons. The highest BCUT2D eigenvalue weighted by Gasteiger charge is 2.22. The lowest BCUT2D eigenvalue weighted by Crippen LogP contribution is -2.27. The summed E-state index contributed by atoms with van der Waals surface area (Å²) in [5.74, 6) is -0.265. The maximum Gasteiger partial charge on any atom is 0.239 e. The third-order valence-corrected chi connectivity index (χ3v) is 6.24. The van der Waals surface area contributed by atoms with E-state index in [0.717, 1.165) is 16.1 Å². The van der Waals surface area contributed by atoms with Gasteiger partial charge in [0.2, 0.25) is 16.0 Å².